The fourth-order valence-corrected chi connectivity index (χ4v) is 5.46. The van der Waals surface area contributed by atoms with Crippen molar-refractivity contribution in [2.45, 2.75) is 46.7 Å². The number of halogens is 2. The highest BCUT2D eigenvalue weighted by Gasteiger charge is 2.16. The van der Waals surface area contributed by atoms with Gasteiger partial charge in [-0.3, -0.25) is 14.0 Å². The van der Waals surface area contributed by atoms with E-state index in [4.69, 9.17) is 4.98 Å². The summed E-state index contributed by atoms with van der Waals surface area (Å²) in [5, 5.41) is 8.78. The summed E-state index contributed by atoms with van der Waals surface area (Å²) in [7, 11) is 0. The van der Waals surface area contributed by atoms with Crippen LogP contribution < -0.4 is 5.32 Å². The standard InChI is InChI=1S/C28H30F2N10S/c1-4-6-9-38(5-2)15-19-10-24(41-37-19)36-27-28-31-12-22(40(28)13-17(3)33-27)18-11-32-39(14-18)16-23-34-21-8-7-20(29)25(30)26(21)35-23/h7-8,10-14H,4-6,9,15-16H2,1-3H3,(H,33,36)(H,34,35). The molecule has 0 saturated carbocycles. The number of H-pyrrole nitrogens is 1. The molecular weight excluding hydrogens is 546 g/mol. The molecule has 6 rings (SSSR count). The third-order valence-electron chi connectivity index (χ3n) is 6.91. The zero-order valence-corrected chi connectivity index (χ0v) is 23.8. The number of benzene rings is 1. The number of aromatic nitrogens is 8. The van der Waals surface area contributed by atoms with Crippen LogP contribution in [0.3, 0.4) is 0 Å². The Hall–Kier alpha value is -4.23. The first kappa shape index (κ1) is 27.0. The van der Waals surface area contributed by atoms with Gasteiger partial charge in [0.15, 0.2) is 23.1 Å². The van der Waals surface area contributed by atoms with Crippen LogP contribution >= 0.6 is 11.5 Å². The smallest absolute Gasteiger partial charge is 0.186 e. The molecule has 5 aromatic heterocycles. The molecule has 0 aliphatic heterocycles. The van der Waals surface area contributed by atoms with Crippen LogP contribution in [-0.4, -0.2) is 56.5 Å². The first-order valence-corrected chi connectivity index (χ1v) is 14.3. The number of rotatable bonds is 11. The number of aryl methyl sites for hydroxylation is 1. The molecule has 0 fully saturated rings. The largest absolute Gasteiger partial charge is 0.340 e. The predicted molar refractivity (Wildman–Crippen MR) is 155 cm³/mol. The van der Waals surface area contributed by atoms with Crippen LogP contribution in [0, 0.1) is 18.6 Å². The van der Waals surface area contributed by atoms with E-state index in [1.807, 2.05) is 23.7 Å². The Morgan fingerprint density at radius 3 is 2.83 bits per heavy atom. The number of hydrogen-bond donors (Lipinski definition) is 2. The molecule has 0 bridgehead atoms. The molecule has 5 heterocycles. The predicted octanol–water partition coefficient (Wildman–Crippen LogP) is 5.93. The number of fused-ring (bicyclic) bond motifs is 2. The normalized spacial score (nSPS) is 11.9. The summed E-state index contributed by atoms with van der Waals surface area (Å²) in [5.74, 6) is -0.770. The third-order valence-corrected chi connectivity index (χ3v) is 7.65. The van der Waals surface area contributed by atoms with E-state index in [1.54, 1.807) is 17.1 Å². The van der Waals surface area contributed by atoms with E-state index in [9.17, 15) is 8.78 Å². The summed E-state index contributed by atoms with van der Waals surface area (Å²) >= 11 is 1.41. The summed E-state index contributed by atoms with van der Waals surface area (Å²) in [6.07, 6.45) is 9.67. The monoisotopic (exact) mass is 576 g/mol. The fourth-order valence-electron chi connectivity index (χ4n) is 4.81. The van der Waals surface area contributed by atoms with Gasteiger partial charge < -0.3 is 10.3 Å². The van der Waals surface area contributed by atoms with Gasteiger partial charge in [0.05, 0.1) is 41.5 Å². The van der Waals surface area contributed by atoms with Gasteiger partial charge in [-0.2, -0.15) is 9.47 Å². The number of unbranched alkanes of at least 4 members (excludes halogenated alkanes) is 1. The van der Waals surface area contributed by atoms with Crippen LogP contribution in [0.25, 0.3) is 27.9 Å². The lowest BCUT2D eigenvalue weighted by Gasteiger charge is -2.18. The Bertz CT molecular complexity index is 1820. The van der Waals surface area contributed by atoms with E-state index in [1.165, 1.54) is 30.4 Å². The van der Waals surface area contributed by atoms with Gasteiger partial charge in [-0.25, -0.2) is 23.7 Å². The van der Waals surface area contributed by atoms with E-state index < -0.39 is 11.6 Å². The molecule has 0 aliphatic rings. The molecule has 41 heavy (non-hydrogen) atoms. The summed E-state index contributed by atoms with van der Waals surface area (Å²) in [6, 6.07) is 4.63. The van der Waals surface area contributed by atoms with Crippen molar-refractivity contribution in [3.63, 3.8) is 0 Å². The number of aromatic amines is 1. The number of anilines is 2. The van der Waals surface area contributed by atoms with Gasteiger partial charge in [-0.1, -0.05) is 20.3 Å². The Morgan fingerprint density at radius 2 is 2.00 bits per heavy atom. The SMILES string of the molecule is CCCCN(CC)Cc1cc(Nc2nc(C)cn3c(-c4cnn(Cc5nc6c(F)c(F)ccc6[nH]5)c4)cnc23)sn1. The molecule has 13 heteroatoms. The lowest BCUT2D eigenvalue weighted by Crippen LogP contribution is -2.24. The van der Waals surface area contributed by atoms with Crippen LogP contribution in [0.2, 0.25) is 0 Å². The van der Waals surface area contributed by atoms with Crippen molar-refractivity contribution in [1.82, 2.24) is 43.4 Å². The minimum Gasteiger partial charge on any atom is -0.340 e. The molecule has 6 aromatic rings. The van der Waals surface area contributed by atoms with Crippen LogP contribution in [-0.2, 0) is 13.1 Å². The Labute approximate surface area is 239 Å². The van der Waals surface area contributed by atoms with Crippen molar-refractivity contribution in [3.05, 3.63) is 71.8 Å². The molecule has 0 amide bonds. The summed E-state index contributed by atoms with van der Waals surface area (Å²) in [6.45, 7) is 9.46. The van der Waals surface area contributed by atoms with Crippen LogP contribution in [0.1, 0.15) is 43.9 Å². The Balaban J connectivity index is 1.22. The minimum atomic E-state index is -0.963. The van der Waals surface area contributed by atoms with Crippen molar-refractivity contribution in [2.75, 3.05) is 18.4 Å². The Morgan fingerprint density at radius 1 is 1.12 bits per heavy atom. The average molecular weight is 577 g/mol. The molecular formula is C28H30F2N10S. The first-order valence-electron chi connectivity index (χ1n) is 13.6. The number of imidazole rings is 2. The quantitative estimate of drug-likeness (QED) is 0.197. The lowest BCUT2D eigenvalue weighted by molar-refractivity contribution is 0.273. The molecule has 0 saturated heterocycles. The van der Waals surface area contributed by atoms with Crippen molar-refractivity contribution < 1.29 is 8.78 Å². The molecule has 0 radical (unpaired) electrons. The van der Waals surface area contributed by atoms with Gasteiger partial charge in [0.1, 0.15) is 16.3 Å². The topological polar surface area (TPSA) is 105 Å². The molecule has 10 nitrogen and oxygen atoms in total. The highest BCUT2D eigenvalue weighted by Crippen LogP contribution is 2.28. The van der Waals surface area contributed by atoms with Crippen LogP contribution in [0.4, 0.5) is 19.6 Å². The highest BCUT2D eigenvalue weighted by molar-refractivity contribution is 7.10. The second-order valence-electron chi connectivity index (χ2n) is 9.97. The molecule has 2 N–H and O–H groups in total. The first-order chi connectivity index (χ1) is 19.9. The third kappa shape index (κ3) is 5.55. The van der Waals surface area contributed by atoms with E-state index in [-0.39, 0.29) is 12.1 Å². The van der Waals surface area contributed by atoms with Gasteiger partial charge in [0, 0.05) is 24.5 Å². The second kappa shape index (κ2) is 11.3. The van der Waals surface area contributed by atoms with E-state index >= 15 is 0 Å². The van der Waals surface area contributed by atoms with Crippen molar-refractivity contribution in [3.8, 4) is 11.3 Å². The van der Waals surface area contributed by atoms with E-state index in [0.717, 1.165) is 53.3 Å². The van der Waals surface area contributed by atoms with Gasteiger partial charge in [0.25, 0.3) is 0 Å². The van der Waals surface area contributed by atoms with Crippen LogP contribution in [0.5, 0.6) is 0 Å². The second-order valence-corrected chi connectivity index (χ2v) is 10.8. The number of hydrogen-bond acceptors (Lipinski definition) is 8. The molecule has 0 spiro atoms. The fraction of sp³-hybridized carbons (Fsp3) is 0.321. The van der Waals surface area contributed by atoms with Gasteiger partial charge in [-0.05, 0) is 56.2 Å². The van der Waals surface area contributed by atoms with Gasteiger partial charge >= 0.3 is 0 Å². The van der Waals surface area contributed by atoms with E-state index in [2.05, 4.69) is 54.6 Å². The zero-order valence-electron chi connectivity index (χ0n) is 23.0. The number of nitrogens with one attached hydrogen (secondary N) is 2. The maximum absolute atomic E-state index is 14.1. The molecule has 0 aliphatic carbocycles. The average Bonchev–Trinajstić information content (AvgIpc) is 3.76. The Kier molecular flexibility index (Phi) is 7.45. The van der Waals surface area contributed by atoms with Crippen molar-refractivity contribution >= 4 is 39.0 Å². The van der Waals surface area contributed by atoms with Crippen molar-refractivity contribution in [1.29, 1.82) is 0 Å². The lowest BCUT2D eigenvalue weighted by atomic mass is 10.3. The number of nitrogens with zero attached hydrogens (tertiary/aromatic N) is 8. The van der Waals surface area contributed by atoms with Gasteiger partial charge in [0.2, 0.25) is 0 Å². The highest BCUT2D eigenvalue weighted by atomic mass is 32.1. The van der Waals surface area contributed by atoms with Crippen molar-refractivity contribution in [2.24, 2.45) is 0 Å². The maximum Gasteiger partial charge on any atom is 0.186 e. The van der Waals surface area contributed by atoms with Gasteiger partial charge in [-0.15, -0.1) is 0 Å². The molecule has 0 unspecified atom stereocenters. The van der Waals surface area contributed by atoms with E-state index in [0.29, 0.717) is 22.8 Å². The molecule has 212 valence electrons. The summed E-state index contributed by atoms with van der Waals surface area (Å²) < 4.78 is 36.0. The maximum atomic E-state index is 14.1. The minimum absolute atomic E-state index is 0.0237. The summed E-state index contributed by atoms with van der Waals surface area (Å²) in [5.41, 5.74) is 4.64. The summed E-state index contributed by atoms with van der Waals surface area (Å²) in [4.78, 5) is 19.0. The zero-order chi connectivity index (χ0) is 28.5. The molecule has 0 atom stereocenters. The molecule has 1 aromatic carbocycles. The van der Waals surface area contributed by atoms with Crippen LogP contribution in [0.15, 0.2) is 43.0 Å².